The van der Waals surface area contributed by atoms with Gasteiger partial charge in [-0.25, -0.2) is 19.3 Å². The van der Waals surface area contributed by atoms with Crippen LogP contribution in [0, 0.1) is 34.5 Å². The zero-order chi connectivity index (χ0) is 28.7. The third kappa shape index (κ3) is 4.86. The number of nitrogens with zero attached hydrogens (tertiary/aromatic N) is 4. The Morgan fingerprint density at radius 1 is 1.29 bits per heavy atom. The molecular weight excluding hydrogens is 527 g/mol. The number of aliphatic hydroxyl groups excluding tert-OH is 1. The molecule has 2 aliphatic heterocycles. The van der Waals surface area contributed by atoms with Gasteiger partial charge in [0, 0.05) is 32.1 Å². The van der Waals surface area contributed by atoms with Gasteiger partial charge < -0.3 is 30.8 Å². The van der Waals surface area contributed by atoms with Crippen LogP contribution in [-0.2, 0) is 9.53 Å². The van der Waals surface area contributed by atoms with E-state index in [1.54, 1.807) is 37.5 Å². The van der Waals surface area contributed by atoms with Crippen molar-refractivity contribution in [3.05, 3.63) is 59.4 Å². The summed E-state index contributed by atoms with van der Waals surface area (Å²) < 4.78 is 21.9. The second-order valence-electron chi connectivity index (χ2n) is 11.2. The number of halogens is 1. The van der Waals surface area contributed by atoms with Crippen LogP contribution in [0.4, 0.5) is 10.3 Å². The number of amides is 1. The van der Waals surface area contributed by atoms with Gasteiger partial charge in [-0.3, -0.25) is 10.2 Å². The van der Waals surface area contributed by atoms with Crippen molar-refractivity contribution in [3.8, 4) is 11.4 Å². The number of ether oxygens (including phenoxy) is 1. The van der Waals surface area contributed by atoms with E-state index in [-0.39, 0.29) is 35.7 Å². The molecule has 0 bridgehead atoms. The Kier molecular flexibility index (Phi) is 7.02. The summed E-state index contributed by atoms with van der Waals surface area (Å²) in [7, 11) is 1.56. The van der Waals surface area contributed by atoms with Gasteiger partial charge in [-0.1, -0.05) is 6.07 Å². The van der Waals surface area contributed by atoms with E-state index in [0.717, 1.165) is 31.0 Å². The normalized spacial score (nSPS) is 30.4. The van der Waals surface area contributed by atoms with Gasteiger partial charge in [0.1, 0.15) is 17.3 Å². The molecular formula is C29H33FN8O3. The molecule has 4 unspecified atom stereocenters. The first-order valence-corrected chi connectivity index (χ1v) is 13.8. The molecule has 2 aliphatic carbocycles. The van der Waals surface area contributed by atoms with Crippen molar-refractivity contribution in [1.29, 1.82) is 10.8 Å². The third-order valence-electron chi connectivity index (χ3n) is 8.83. The first kappa shape index (κ1) is 27.0. The van der Waals surface area contributed by atoms with E-state index < -0.39 is 23.3 Å². The molecule has 2 aromatic heterocycles. The molecule has 12 heteroatoms. The van der Waals surface area contributed by atoms with Gasteiger partial charge in [-0.2, -0.15) is 0 Å². The summed E-state index contributed by atoms with van der Waals surface area (Å²) in [5, 5.41) is 33.6. The summed E-state index contributed by atoms with van der Waals surface area (Å²) in [5.41, 5.74) is 0.386. The number of pyridine rings is 1. The average Bonchev–Trinajstić information content (AvgIpc) is 3.21. The van der Waals surface area contributed by atoms with Crippen LogP contribution >= 0.6 is 0 Å². The minimum Gasteiger partial charge on any atom is -0.511 e. The highest BCUT2D eigenvalue weighted by atomic mass is 19.1. The van der Waals surface area contributed by atoms with Crippen LogP contribution in [0.25, 0.3) is 11.4 Å². The number of aliphatic hydroxyl groups is 1. The van der Waals surface area contributed by atoms with Crippen molar-refractivity contribution in [2.45, 2.75) is 24.9 Å². The van der Waals surface area contributed by atoms with E-state index in [2.05, 4.69) is 25.6 Å². The maximum Gasteiger partial charge on any atom is 0.236 e. The first-order valence-electron chi connectivity index (χ1n) is 13.8. The highest BCUT2D eigenvalue weighted by Gasteiger charge is 2.65. The molecule has 4 fully saturated rings. The fourth-order valence-corrected chi connectivity index (χ4v) is 6.52. The monoisotopic (exact) mass is 560 g/mol. The summed E-state index contributed by atoms with van der Waals surface area (Å²) in [5.74, 6) is -1.41. The number of nitrogens with one attached hydrogen (secondary N) is 4. The van der Waals surface area contributed by atoms with Crippen LogP contribution in [0.1, 0.15) is 25.0 Å². The minimum atomic E-state index is -1.85. The van der Waals surface area contributed by atoms with Crippen molar-refractivity contribution in [3.63, 3.8) is 0 Å². The van der Waals surface area contributed by atoms with Gasteiger partial charge >= 0.3 is 0 Å². The van der Waals surface area contributed by atoms with Gasteiger partial charge in [0.25, 0.3) is 0 Å². The molecule has 11 nitrogen and oxygen atoms in total. The summed E-state index contributed by atoms with van der Waals surface area (Å²) in [6.45, 7) is 1.53. The Morgan fingerprint density at radius 3 is 2.80 bits per heavy atom. The number of anilines is 1. The van der Waals surface area contributed by atoms with Crippen molar-refractivity contribution >= 4 is 23.8 Å². The third-order valence-corrected chi connectivity index (χ3v) is 8.83. The molecule has 0 aromatic carbocycles. The quantitative estimate of drug-likeness (QED) is 0.243. The number of alkyl halides is 1. The van der Waals surface area contributed by atoms with Crippen LogP contribution in [-0.4, -0.2) is 81.8 Å². The Balaban J connectivity index is 1.22. The molecule has 2 aromatic rings. The van der Waals surface area contributed by atoms with Crippen molar-refractivity contribution in [1.82, 2.24) is 25.2 Å². The van der Waals surface area contributed by atoms with Crippen LogP contribution in [0.5, 0.6) is 0 Å². The molecule has 214 valence electrons. The lowest BCUT2D eigenvalue weighted by atomic mass is 9.48. The van der Waals surface area contributed by atoms with Crippen LogP contribution in [0.2, 0.25) is 0 Å². The number of aromatic nitrogens is 3. The summed E-state index contributed by atoms with van der Waals surface area (Å²) in [6, 6.07) is 6.72. The Bertz CT molecular complexity index is 1450. The predicted octanol–water partition coefficient (Wildman–Crippen LogP) is 3.08. The fourth-order valence-electron chi connectivity index (χ4n) is 6.52. The molecule has 5 atom stereocenters. The van der Waals surface area contributed by atoms with E-state index in [1.165, 1.54) is 11.1 Å². The fraction of sp³-hybridized carbons (Fsp3) is 0.448. The minimum absolute atomic E-state index is 0.0487. The molecule has 4 aliphatic rings. The van der Waals surface area contributed by atoms with E-state index in [0.29, 0.717) is 42.8 Å². The van der Waals surface area contributed by atoms with Gasteiger partial charge in [0.2, 0.25) is 11.9 Å². The lowest BCUT2D eigenvalue weighted by Gasteiger charge is -2.57. The van der Waals surface area contributed by atoms with Crippen molar-refractivity contribution in [2.75, 3.05) is 38.7 Å². The number of carbonyl (C=O) groups excluding carboxylic acids is 1. The highest BCUT2D eigenvalue weighted by Crippen LogP contribution is 2.62. The maximum absolute atomic E-state index is 16.4. The topological polar surface area (TPSA) is 160 Å². The summed E-state index contributed by atoms with van der Waals surface area (Å²) in [6.07, 6.45) is 6.69. The number of carbonyl (C=O) groups is 1. The average molecular weight is 561 g/mol. The SMILES string of the molecule is CN1CC(F)(C2CC3CCC32)[C@@H](/C(O)=C/C(=N)c2cccc(-c3ccnc(N/C(C=N)=C4\COCCN4)n3)n2)C1=O. The van der Waals surface area contributed by atoms with Crippen molar-refractivity contribution in [2.24, 2.45) is 23.7 Å². The van der Waals surface area contributed by atoms with Crippen LogP contribution in [0.3, 0.4) is 0 Å². The van der Waals surface area contributed by atoms with Gasteiger partial charge in [0.05, 0.1) is 53.9 Å². The van der Waals surface area contributed by atoms with Gasteiger partial charge in [-0.05, 0) is 55.2 Å². The zero-order valence-corrected chi connectivity index (χ0v) is 22.7. The molecule has 1 amide bonds. The standard InChI is InChI=1S/C29H33FN8O3/c1-38-15-29(30,18-11-16-5-6-17(16)18)26(27(38)40)25(39)12-19(32)20-3-2-4-21(35-20)22-7-8-34-28(36-22)37-23(13-31)24-14-41-10-9-33-24/h2-4,7-8,12-13,16-18,26,31-33,39H,5-6,9-11,14-15H2,1H3,(H,34,36,37)/b24-23+,25-12-,31-13?,32-19?/t16?,17?,18?,26-,29?/m0/s1. The summed E-state index contributed by atoms with van der Waals surface area (Å²) in [4.78, 5) is 27.6. The molecule has 0 spiro atoms. The second-order valence-corrected chi connectivity index (χ2v) is 11.2. The Labute approximate surface area is 237 Å². The molecule has 2 saturated carbocycles. The number of rotatable bonds is 8. The number of hydrogen-bond acceptors (Lipinski definition) is 10. The van der Waals surface area contributed by atoms with Gasteiger partial charge in [0.15, 0.2) is 0 Å². The predicted molar refractivity (Wildman–Crippen MR) is 150 cm³/mol. The molecule has 41 heavy (non-hydrogen) atoms. The number of likely N-dealkylation sites (tertiary alicyclic amines) is 1. The first-order chi connectivity index (χ1) is 19.8. The van der Waals surface area contributed by atoms with E-state index in [9.17, 15) is 9.90 Å². The molecule has 4 heterocycles. The summed E-state index contributed by atoms with van der Waals surface area (Å²) >= 11 is 0. The molecule has 2 saturated heterocycles. The highest BCUT2D eigenvalue weighted by molar-refractivity contribution is 6.06. The largest absolute Gasteiger partial charge is 0.511 e. The number of morpholine rings is 1. The smallest absolute Gasteiger partial charge is 0.236 e. The Morgan fingerprint density at radius 2 is 2.12 bits per heavy atom. The lowest BCUT2D eigenvalue weighted by molar-refractivity contribution is -0.138. The van der Waals surface area contributed by atoms with Gasteiger partial charge in [-0.15, -0.1) is 0 Å². The van der Waals surface area contributed by atoms with Crippen LogP contribution < -0.4 is 10.6 Å². The molecule has 0 radical (unpaired) electrons. The van der Waals surface area contributed by atoms with Crippen LogP contribution in [0.15, 0.2) is 53.7 Å². The Hall–Kier alpha value is -4.19. The number of hydrogen-bond donors (Lipinski definition) is 5. The van der Waals surface area contributed by atoms with E-state index >= 15 is 4.39 Å². The van der Waals surface area contributed by atoms with E-state index in [4.69, 9.17) is 15.6 Å². The second kappa shape index (κ2) is 10.7. The van der Waals surface area contributed by atoms with E-state index in [1.807, 2.05) is 0 Å². The van der Waals surface area contributed by atoms with Crippen molar-refractivity contribution < 1.29 is 19.0 Å². The zero-order valence-electron chi connectivity index (χ0n) is 22.7. The molecule has 5 N–H and O–H groups in total. The lowest BCUT2D eigenvalue weighted by Crippen LogP contribution is -2.57. The molecule has 6 rings (SSSR count). The maximum atomic E-state index is 16.4. The number of allylic oxidation sites excluding steroid dienone is 2. The number of fused-ring (bicyclic) bond motifs is 1.